The topological polar surface area (TPSA) is 46.6 Å². The first-order valence-electron chi connectivity index (χ1n) is 7.47. The molecular weight excluding hydrogens is 346 g/mol. The van der Waals surface area contributed by atoms with E-state index >= 15 is 0 Å². The van der Waals surface area contributed by atoms with Gasteiger partial charge in [-0.25, -0.2) is 0 Å². The zero-order chi connectivity index (χ0) is 17.1. The van der Waals surface area contributed by atoms with Crippen LogP contribution < -0.4 is 4.74 Å². The number of rotatable bonds is 5. The maximum absolute atomic E-state index is 12.6. The van der Waals surface area contributed by atoms with Gasteiger partial charge < -0.3 is 4.74 Å². The van der Waals surface area contributed by atoms with E-state index in [1.165, 1.54) is 4.90 Å². The number of thioether (sulfide) groups is 1. The first-order valence-corrected chi connectivity index (χ1v) is 8.72. The molecule has 0 bridgehead atoms. The highest BCUT2D eigenvalue weighted by atomic mass is 35.5. The van der Waals surface area contributed by atoms with E-state index in [0.717, 1.165) is 28.6 Å². The van der Waals surface area contributed by atoms with E-state index in [1.54, 1.807) is 13.2 Å². The van der Waals surface area contributed by atoms with Crippen molar-refractivity contribution in [1.82, 2.24) is 4.90 Å². The quantitative estimate of drug-likeness (QED) is 0.802. The van der Waals surface area contributed by atoms with Crippen LogP contribution in [0.15, 0.2) is 48.5 Å². The van der Waals surface area contributed by atoms with E-state index in [0.29, 0.717) is 11.4 Å². The second-order valence-corrected chi connectivity index (χ2v) is 7.00. The number of halogens is 1. The van der Waals surface area contributed by atoms with Crippen molar-refractivity contribution in [3.05, 3.63) is 64.7 Å². The number of methoxy groups -OCH3 is 1. The maximum Gasteiger partial charge on any atom is 0.289 e. The lowest BCUT2D eigenvalue weighted by molar-refractivity contribution is -0.127. The smallest absolute Gasteiger partial charge is 0.289 e. The van der Waals surface area contributed by atoms with Gasteiger partial charge in [0.1, 0.15) is 5.75 Å². The van der Waals surface area contributed by atoms with Crippen LogP contribution in [0.4, 0.5) is 4.79 Å². The third-order valence-electron chi connectivity index (χ3n) is 3.87. The molecule has 1 heterocycles. The van der Waals surface area contributed by atoms with E-state index in [9.17, 15) is 9.59 Å². The number of benzene rings is 2. The molecule has 1 fully saturated rings. The first kappa shape index (κ1) is 16.9. The lowest BCUT2D eigenvalue weighted by Crippen LogP contribution is -2.31. The third-order valence-corrected chi connectivity index (χ3v) is 5.31. The number of hydrogen-bond donors (Lipinski definition) is 0. The Labute approximate surface area is 149 Å². The molecule has 2 aromatic rings. The van der Waals surface area contributed by atoms with Gasteiger partial charge in [0.2, 0.25) is 5.91 Å². The molecule has 4 nitrogen and oxygen atoms in total. The normalized spacial score (nSPS) is 17.4. The summed E-state index contributed by atoms with van der Waals surface area (Å²) < 4.78 is 5.12. The Kier molecular flexibility index (Phi) is 5.11. The SMILES string of the molecule is COc1ccc(C[C@@H]2SC(=O)N(Cc3ccccc3Cl)C2=O)cc1. The van der Waals surface area contributed by atoms with Crippen molar-refractivity contribution in [3.8, 4) is 5.75 Å². The van der Waals surface area contributed by atoms with E-state index in [1.807, 2.05) is 42.5 Å². The summed E-state index contributed by atoms with van der Waals surface area (Å²) >= 11 is 7.20. The molecule has 2 aromatic carbocycles. The molecule has 0 saturated carbocycles. The highest BCUT2D eigenvalue weighted by Crippen LogP contribution is 2.32. The summed E-state index contributed by atoms with van der Waals surface area (Å²) in [5.41, 5.74) is 1.76. The van der Waals surface area contributed by atoms with E-state index in [-0.39, 0.29) is 17.7 Å². The van der Waals surface area contributed by atoms with Crippen LogP contribution in [0.2, 0.25) is 5.02 Å². The molecule has 0 N–H and O–H groups in total. The lowest BCUT2D eigenvalue weighted by Gasteiger charge is -2.15. The van der Waals surface area contributed by atoms with Crippen molar-refractivity contribution < 1.29 is 14.3 Å². The largest absolute Gasteiger partial charge is 0.497 e. The van der Waals surface area contributed by atoms with Crippen molar-refractivity contribution in [1.29, 1.82) is 0 Å². The van der Waals surface area contributed by atoms with E-state index < -0.39 is 5.25 Å². The fourth-order valence-corrected chi connectivity index (χ4v) is 3.77. The summed E-state index contributed by atoms with van der Waals surface area (Å²) in [4.78, 5) is 26.1. The van der Waals surface area contributed by atoms with Crippen molar-refractivity contribution in [2.45, 2.75) is 18.2 Å². The Hall–Kier alpha value is -1.98. The van der Waals surface area contributed by atoms with Gasteiger partial charge in [-0.1, -0.05) is 53.7 Å². The van der Waals surface area contributed by atoms with Gasteiger partial charge in [-0.2, -0.15) is 0 Å². The molecule has 1 aliphatic rings. The molecule has 1 aliphatic heterocycles. The van der Waals surface area contributed by atoms with Crippen LogP contribution >= 0.6 is 23.4 Å². The number of imide groups is 1. The van der Waals surface area contributed by atoms with Crippen LogP contribution in [0.3, 0.4) is 0 Å². The summed E-state index contributed by atoms with van der Waals surface area (Å²) in [6.07, 6.45) is 0.512. The zero-order valence-corrected chi connectivity index (χ0v) is 14.6. The molecule has 0 aromatic heterocycles. The van der Waals surface area contributed by atoms with Gasteiger partial charge in [0.15, 0.2) is 0 Å². The Morgan fingerprint density at radius 3 is 2.50 bits per heavy atom. The van der Waals surface area contributed by atoms with Crippen LogP contribution in [0.25, 0.3) is 0 Å². The van der Waals surface area contributed by atoms with Gasteiger partial charge >= 0.3 is 0 Å². The van der Waals surface area contributed by atoms with Crippen LogP contribution in [-0.2, 0) is 17.8 Å². The molecule has 0 aliphatic carbocycles. The molecule has 0 unspecified atom stereocenters. The number of hydrogen-bond acceptors (Lipinski definition) is 4. The monoisotopic (exact) mass is 361 g/mol. The number of ether oxygens (including phenoxy) is 1. The highest BCUT2D eigenvalue weighted by Gasteiger charge is 2.39. The Morgan fingerprint density at radius 2 is 1.83 bits per heavy atom. The highest BCUT2D eigenvalue weighted by molar-refractivity contribution is 8.15. The second-order valence-electron chi connectivity index (χ2n) is 5.44. The van der Waals surface area contributed by atoms with Crippen molar-refractivity contribution in [2.75, 3.05) is 7.11 Å². The molecule has 124 valence electrons. The molecule has 0 radical (unpaired) electrons. The number of amides is 2. The molecule has 24 heavy (non-hydrogen) atoms. The standard InChI is InChI=1S/C18H16ClNO3S/c1-23-14-8-6-12(7-9-14)10-16-17(21)20(18(22)24-16)11-13-4-2-3-5-15(13)19/h2-9,16H,10-11H2,1H3/t16-/m0/s1. The minimum atomic E-state index is -0.395. The summed E-state index contributed by atoms with van der Waals surface area (Å²) in [6.45, 7) is 0.212. The van der Waals surface area contributed by atoms with Crippen LogP contribution in [-0.4, -0.2) is 28.4 Å². The van der Waals surface area contributed by atoms with Crippen molar-refractivity contribution in [2.24, 2.45) is 0 Å². The average molecular weight is 362 g/mol. The van der Waals surface area contributed by atoms with Gasteiger partial charge in [-0.05, 0) is 35.7 Å². The van der Waals surface area contributed by atoms with Crippen LogP contribution in [0, 0.1) is 0 Å². The van der Waals surface area contributed by atoms with Gasteiger partial charge in [0, 0.05) is 5.02 Å². The number of carbonyl (C=O) groups excluding carboxylic acids is 2. The Bertz CT molecular complexity index is 763. The molecular formula is C18H16ClNO3S. The maximum atomic E-state index is 12.6. The van der Waals surface area contributed by atoms with Crippen molar-refractivity contribution >= 4 is 34.5 Å². The second kappa shape index (κ2) is 7.28. The molecule has 3 rings (SSSR count). The molecule has 0 spiro atoms. The first-order chi connectivity index (χ1) is 11.6. The third kappa shape index (κ3) is 3.57. The van der Waals surface area contributed by atoms with Gasteiger partial charge in [0.25, 0.3) is 5.24 Å². The van der Waals surface area contributed by atoms with Crippen LogP contribution in [0.1, 0.15) is 11.1 Å². The van der Waals surface area contributed by atoms with Gasteiger partial charge in [-0.15, -0.1) is 0 Å². The number of carbonyl (C=O) groups is 2. The average Bonchev–Trinajstić information content (AvgIpc) is 2.85. The van der Waals surface area contributed by atoms with Gasteiger partial charge in [-0.3, -0.25) is 14.5 Å². The summed E-state index contributed by atoms with van der Waals surface area (Å²) in [5, 5.41) is -0.0616. The minimum absolute atomic E-state index is 0.166. The summed E-state index contributed by atoms with van der Waals surface area (Å²) in [6, 6.07) is 14.8. The Balaban J connectivity index is 1.70. The predicted molar refractivity (Wildman–Crippen MR) is 95.5 cm³/mol. The predicted octanol–water partition coefficient (Wildman–Crippen LogP) is 4.16. The number of nitrogens with zero attached hydrogens (tertiary/aromatic N) is 1. The molecule has 1 atom stereocenters. The fourth-order valence-electron chi connectivity index (χ4n) is 2.54. The van der Waals surface area contributed by atoms with Crippen LogP contribution in [0.5, 0.6) is 5.75 Å². The lowest BCUT2D eigenvalue weighted by atomic mass is 10.1. The summed E-state index contributed by atoms with van der Waals surface area (Å²) in [7, 11) is 1.61. The molecule has 2 amide bonds. The summed E-state index contributed by atoms with van der Waals surface area (Å²) in [5.74, 6) is 0.598. The van der Waals surface area contributed by atoms with E-state index in [2.05, 4.69) is 0 Å². The van der Waals surface area contributed by atoms with E-state index in [4.69, 9.17) is 16.3 Å². The van der Waals surface area contributed by atoms with Gasteiger partial charge in [0.05, 0.1) is 18.9 Å². The molecule has 6 heteroatoms. The molecule has 1 saturated heterocycles. The zero-order valence-electron chi connectivity index (χ0n) is 13.1. The Morgan fingerprint density at radius 1 is 1.12 bits per heavy atom. The van der Waals surface area contributed by atoms with Crippen molar-refractivity contribution in [3.63, 3.8) is 0 Å². The minimum Gasteiger partial charge on any atom is -0.497 e. The fraction of sp³-hybridized carbons (Fsp3) is 0.222.